The molecule has 2 nitrogen and oxygen atoms in total. The fraction of sp³-hybridized carbons (Fsp3) is 0.333. The summed E-state index contributed by atoms with van der Waals surface area (Å²) in [6.07, 6.45) is 1.17. The van der Waals surface area contributed by atoms with E-state index >= 15 is 0 Å². The maximum absolute atomic E-state index is 13.2. The van der Waals surface area contributed by atoms with E-state index in [9.17, 15) is 18.4 Å². The molecule has 16 heavy (non-hydrogen) atoms. The predicted octanol–water partition coefficient (Wildman–Crippen LogP) is 2.52. The van der Waals surface area contributed by atoms with E-state index < -0.39 is 29.4 Å². The van der Waals surface area contributed by atoms with Crippen molar-refractivity contribution in [1.82, 2.24) is 0 Å². The molecule has 0 bridgehead atoms. The molecule has 4 heteroatoms. The molecule has 1 aromatic carbocycles. The van der Waals surface area contributed by atoms with Crippen LogP contribution in [0.2, 0.25) is 0 Å². The van der Waals surface area contributed by atoms with Crippen LogP contribution in [-0.2, 0) is 4.79 Å². The lowest BCUT2D eigenvalue weighted by Gasteiger charge is -2.02. The molecule has 0 saturated heterocycles. The Morgan fingerprint density at radius 3 is 2.25 bits per heavy atom. The molecule has 0 spiro atoms. The first-order valence-electron chi connectivity index (χ1n) is 5.09. The summed E-state index contributed by atoms with van der Waals surface area (Å²) in [4.78, 5) is 22.9. The van der Waals surface area contributed by atoms with Crippen LogP contribution in [0.3, 0.4) is 0 Å². The number of rotatable bonds is 4. The van der Waals surface area contributed by atoms with Gasteiger partial charge < -0.3 is 0 Å². The predicted molar refractivity (Wildman–Crippen MR) is 53.0 cm³/mol. The van der Waals surface area contributed by atoms with Gasteiger partial charge in [-0.2, -0.15) is 0 Å². The molecular weight excluding hydrogens is 214 g/mol. The first kappa shape index (κ1) is 10.9. The van der Waals surface area contributed by atoms with Gasteiger partial charge in [-0.15, -0.1) is 0 Å². The molecule has 1 aromatic rings. The van der Waals surface area contributed by atoms with Gasteiger partial charge in [-0.25, -0.2) is 8.78 Å². The summed E-state index contributed by atoms with van der Waals surface area (Å²) in [5, 5.41) is 0. The monoisotopic (exact) mass is 224 g/mol. The van der Waals surface area contributed by atoms with E-state index in [4.69, 9.17) is 0 Å². The largest absolute Gasteiger partial charge is 0.299 e. The van der Waals surface area contributed by atoms with Crippen LogP contribution in [0.1, 0.15) is 29.6 Å². The quantitative estimate of drug-likeness (QED) is 0.581. The molecule has 0 N–H and O–H groups in total. The minimum absolute atomic E-state index is 0.0706. The number of hydrogen-bond acceptors (Lipinski definition) is 2. The summed E-state index contributed by atoms with van der Waals surface area (Å²) in [6, 6.07) is 3.21. The van der Waals surface area contributed by atoms with Gasteiger partial charge in [0.25, 0.3) is 0 Å². The van der Waals surface area contributed by atoms with Crippen LogP contribution in [0.4, 0.5) is 8.78 Å². The van der Waals surface area contributed by atoms with E-state index in [0.717, 1.165) is 25.0 Å². The zero-order valence-corrected chi connectivity index (χ0v) is 8.50. The van der Waals surface area contributed by atoms with Crippen molar-refractivity contribution in [2.45, 2.75) is 19.3 Å². The number of halogens is 2. The Morgan fingerprint density at radius 2 is 1.75 bits per heavy atom. The van der Waals surface area contributed by atoms with Crippen molar-refractivity contribution < 1.29 is 18.4 Å². The topological polar surface area (TPSA) is 34.1 Å². The molecule has 0 aromatic heterocycles. The third-order valence-electron chi connectivity index (χ3n) is 2.61. The minimum atomic E-state index is -0.909. The van der Waals surface area contributed by atoms with Crippen molar-refractivity contribution in [3.05, 3.63) is 35.4 Å². The van der Waals surface area contributed by atoms with Crippen LogP contribution in [-0.4, -0.2) is 11.6 Å². The third-order valence-corrected chi connectivity index (χ3v) is 2.61. The smallest absolute Gasteiger partial charge is 0.176 e. The average molecular weight is 224 g/mol. The van der Waals surface area contributed by atoms with E-state index in [1.807, 2.05) is 0 Å². The minimum Gasteiger partial charge on any atom is -0.299 e. The summed E-state index contributed by atoms with van der Waals surface area (Å²) in [5.41, 5.74) is -0.600. The Bertz CT molecular complexity index is 430. The lowest BCUT2D eigenvalue weighted by atomic mass is 10.0. The van der Waals surface area contributed by atoms with Gasteiger partial charge >= 0.3 is 0 Å². The maximum Gasteiger partial charge on any atom is 0.176 e. The van der Waals surface area contributed by atoms with Gasteiger partial charge in [0.2, 0.25) is 0 Å². The first-order chi connectivity index (χ1) is 7.59. The molecule has 0 atom stereocenters. The van der Waals surface area contributed by atoms with E-state index in [2.05, 4.69) is 0 Å². The number of carbonyl (C=O) groups is 2. The molecule has 0 aliphatic heterocycles. The summed E-state index contributed by atoms with van der Waals surface area (Å²) in [6.45, 7) is 0. The fourth-order valence-corrected chi connectivity index (χ4v) is 1.56. The first-order valence-corrected chi connectivity index (χ1v) is 5.09. The number of Topliss-reactive ketones (excluding diaryl/α,β-unsaturated/α-hetero) is 2. The SMILES string of the molecule is O=C(CC(=O)C1CC1)c1c(F)cccc1F. The molecule has 1 saturated carbocycles. The van der Waals surface area contributed by atoms with Crippen molar-refractivity contribution in [2.75, 3.05) is 0 Å². The lowest BCUT2D eigenvalue weighted by Crippen LogP contribution is -2.12. The van der Waals surface area contributed by atoms with Gasteiger partial charge in [0.15, 0.2) is 5.78 Å². The zero-order valence-electron chi connectivity index (χ0n) is 8.50. The van der Waals surface area contributed by atoms with E-state index in [0.29, 0.717) is 0 Å². The van der Waals surface area contributed by atoms with Crippen LogP contribution < -0.4 is 0 Å². The van der Waals surface area contributed by atoms with Crippen molar-refractivity contribution in [2.24, 2.45) is 5.92 Å². The standard InChI is InChI=1S/C12H10F2O2/c13-8-2-1-3-9(14)12(8)11(16)6-10(15)7-4-5-7/h1-3,7H,4-6H2. The van der Waals surface area contributed by atoms with Gasteiger partial charge in [-0.3, -0.25) is 9.59 Å². The number of ketones is 2. The Balaban J connectivity index is 2.16. The fourth-order valence-electron chi connectivity index (χ4n) is 1.56. The van der Waals surface area contributed by atoms with Crippen molar-refractivity contribution >= 4 is 11.6 Å². The molecule has 0 radical (unpaired) electrons. The molecule has 1 aliphatic carbocycles. The summed E-state index contributed by atoms with van der Waals surface area (Å²) < 4.78 is 26.4. The number of benzene rings is 1. The highest BCUT2D eigenvalue weighted by Crippen LogP contribution is 2.31. The molecule has 0 amide bonds. The summed E-state index contributed by atoms with van der Waals surface area (Å²) in [7, 11) is 0. The van der Waals surface area contributed by atoms with Gasteiger partial charge in [-0.05, 0) is 25.0 Å². The van der Waals surface area contributed by atoms with Crippen molar-refractivity contribution in [3.63, 3.8) is 0 Å². The molecule has 1 fully saturated rings. The summed E-state index contributed by atoms with van der Waals surface area (Å²) >= 11 is 0. The maximum atomic E-state index is 13.2. The lowest BCUT2D eigenvalue weighted by molar-refractivity contribution is -0.119. The molecule has 1 aliphatic rings. The Hall–Kier alpha value is -1.58. The Kier molecular flexibility index (Phi) is 2.81. The second-order valence-corrected chi connectivity index (χ2v) is 3.94. The van der Waals surface area contributed by atoms with Gasteiger partial charge in [0, 0.05) is 5.92 Å². The molecule has 84 valence electrons. The average Bonchev–Trinajstić information content (AvgIpc) is 2.99. The van der Waals surface area contributed by atoms with Crippen LogP contribution >= 0.6 is 0 Å². The van der Waals surface area contributed by atoms with E-state index in [1.165, 1.54) is 6.07 Å². The van der Waals surface area contributed by atoms with Crippen molar-refractivity contribution in [1.29, 1.82) is 0 Å². The third kappa shape index (κ3) is 2.15. The van der Waals surface area contributed by atoms with Crippen molar-refractivity contribution in [3.8, 4) is 0 Å². The number of carbonyl (C=O) groups excluding carboxylic acids is 2. The zero-order chi connectivity index (χ0) is 11.7. The molecular formula is C12H10F2O2. The molecule has 2 rings (SSSR count). The second-order valence-electron chi connectivity index (χ2n) is 3.94. The highest BCUT2D eigenvalue weighted by molar-refractivity contribution is 6.09. The Morgan fingerprint density at radius 1 is 1.19 bits per heavy atom. The van der Waals surface area contributed by atoms with Crippen LogP contribution in [0, 0.1) is 17.6 Å². The number of hydrogen-bond donors (Lipinski definition) is 0. The van der Waals surface area contributed by atoms with Crippen LogP contribution in [0.25, 0.3) is 0 Å². The molecule has 0 heterocycles. The second kappa shape index (κ2) is 4.12. The summed E-state index contributed by atoms with van der Waals surface area (Å²) in [5.74, 6) is -2.87. The van der Waals surface area contributed by atoms with Crippen LogP contribution in [0.15, 0.2) is 18.2 Å². The normalized spacial score (nSPS) is 14.9. The van der Waals surface area contributed by atoms with Gasteiger partial charge in [0.1, 0.15) is 17.4 Å². The highest BCUT2D eigenvalue weighted by Gasteiger charge is 2.31. The van der Waals surface area contributed by atoms with Gasteiger partial charge in [0.05, 0.1) is 12.0 Å². The highest BCUT2D eigenvalue weighted by atomic mass is 19.1. The Labute approximate surface area is 91.3 Å². The molecule has 0 unspecified atom stereocenters. The van der Waals surface area contributed by atoms with E-state index in [1.54, 1.807) is 0 Å². The van der Waals surface area contributed by atoms with E-state index in [-0.39, 0.29) is 11.7 Å². The van der Waals surface area contributed by atoms with Crippen LogP contribution in [0.5, 0.6) is 0 Å². The van der Waals surface area contributed by atoms with Gasteiger partial charge in [-0.1, -0.05) is 6.07 Å².